The molecule has 1 unspecified atom stereocenters. The molecule has 1 aliphatic carbocycles. The maximum absolute atomic E-state index is 12.2. The molecule has 1 atom stereocenters. The molecule has 1 aliphatic heterocycles. The third-order valence-corrected chi connectivity index (χ3v) is 4.62. The summed E-state index contributed by atoms with van der Waals surface area (Å²) in [4.78, 5) is 14.6. The molecule has 104 valence electrons. The second kappa shape index (κ2) is 5.57. The minimum atomic E-state index is -0.477. The highest BCUT2D eigenvalue weighted by molar-refractivity contribution is 5.82. The molecule has 4 nitrogen and oxygen atoms in total. The van der Waals surface area contributed by atoms with Crippen molar-refractivity contribution < 1.29 is 9.53 Å². The Kier molecular flexibility index (Phi) is 4.28. The molecule has 0 spiro atoms. The zero-order valence-corrected chi connectivity index (χ0v) is 11.9. The molecule has 18 heavy (non-hydrogen) atoms. The lowest BCUT2D eigenvalue weighted by atomic mass is 9.90. The number of likely N-dealkylation sites (tertiary alicyclic amines) is 1. The molecule has 1 heterocycles. The summed E-state index contributed by atoms with van der Waals surface area (Å²) < 4.78 is 5.04. The lowest BCUT2D eigenvalue weighted by Gasteiger charge is -2.39. The predicted octanol–water partition coefficient (Wildman–Crippen LogP) is 1.26. The number of esters is 1. The summed E-state index contributed by atoms with van der Waals surface area (Å²) in [7, 11) is 3.39. The van der Waals surface area contributed by atoms with Crippen molar-refractivity contribution >= 4 is 5.97 Å². The lowest BCUT2D eigenvalue weighted by molar-refractivity contribution is -0.150. The van der Waals surface area contributed by atoms with Crippen LogP contribution >= 0.6 is 0 Å². The number of methoxy groups -OCH3 is 1. The molecule has 2 rings (SSSR count). The third kappa shape index (κ3) is 2.69. The topological polar surface area (TPSA) is 41.6 Å². The van der Waals surface area contributed by atoms with Gasteiger partial charge in [0.2, 0.25) is 0 Å². The first kappa shape index (κ1) is 13.8. The molecule has 4 heteroatoms. The maximum atomic E-state index is 12.2. The smallest absolute Gasteiger partial charge is 0.327 e. The molecule has 0 bridgehead atoms. The molecule has 2 aliphatic rings. The van der Waals surface area contributed by atoms with E-state index in [9.17, 15) is 4.79 Å². The number of nitrogens with one attached hydrogen (secondary N) is 1. The minimum absolute atomic E-state index is 0.0916. The van der Waals surface area contributed by atoms with Crippen LogP contribution in [0.5, 0.6) is 0 Å². The first-order valence-corrected chi connectivity index (χ1v) is 7.12. The van der Waals surface area contributed by atoms with Crippen molar-refractivity contribution in [2.24, 2.45) is 11.8 Å². The Balaban J connectivity index is 2.03. The zero-order chi connectivity index (χ0) is 13.2. The van der Waals surface area contributed by atoms with Gasteiger partial charge in [0, 0.05) is 6.54 Å². The third-order valence-electron chi connectivity index (χ3n) is 4.62. The van der Waals surface area contributed by atoms with Crippen molar-refractivity contribution in [3.8, 4) is 0 Å². The lowest BCUT2D eigenvalue weighted by Crippen LogP contribution is -2.60. The summed E-state index contributed by atoms with van der Waals surface area (Å²) in [6, 6.07) is 0. The van der Waals surface area contributed by atoms with E-state index in [1.807, 2.05) is 7.05 Å². The number of rotatable bonds is 5. The van der Waals surface area contributed by atoms with Crippen LogP contribution in [0.1, 0.15) is 32.6 Å². The van der Waals surface area contributed by atoms with E-state index in [4.69, 9.17) is 4.74 Å². The van der Waals surface area contributed by atoms with Crippen LogP contribution in [0.4, 0.5) is 0 Å². The Morgan fingerprint density at radius 2 is 1.94 bits per heavy atom. The molecule has 1 saturated heterocycles. The molecule has 1 N–H and O–H groups in total. The molecule has 0 aromatic carbocycles. The van der Waals surface area contributed by atoms with Gasteiger partial charge < -0.3 is 15.0 Å². The quantitative estimate of drug-likeness (QED) is 0.750. The summed E-state index contributed by atoms with van der Waals surface area (Å²) in [5.41, 5.74) is -0.477. The van der Waals surface area contributed by atoms with Gasteiger partial charge in [0.1, 0.15) is 5.54 Å². The number of hydrogen-bond acceptors (Lipinski definition) is 4. The van der Waals surface area contributed by atoms with Gasteiger partial charge in [0.25, 0.3) is 0 Å². The van der Waals surface area contributed by atoms with Crippen LogP contribution in [0.25, 0.3) is 0 Å². The standard InChI is InChI=1S/C14H26N2O2/c1-11-6-8-16(9-7-11)10-14(15-2,12-4-5-12)13(17)18-3/h11-12,15H,4-10H2,1-3H3. The molecular weight excluding hydrogens is 228 g/mol. The SMILES string of the molecule is CNC(CN1CCC(C)CC1)(C(=O)OC)C1CC1. The van der Waals surface area contributed by atoms with E-state index in [-0.39, 0.29) is 5.97 Å². The number of piperidine rings is 1. The summed E-state index contributed by atoms with van der Waals surface area (Å²) in [6.45, 7) is 5.32. The van der Waals surface area contributed by atoms with Crippen LogP contribution in [-0.4, -0.2) is 50.2 Å². The van der Waals surface area contributed by atoms with Crippen LogP contribution in [-0.2, 0) is 9.53 Å². The molecule has 0 radical (unpaired) electrons. The van der Waals surface area contributed by atoms with E-state index in [2.05, 4.69) is 17.1 Å². The normalized spacial score (nSPS) is 25.7. The number of carbonyl (C=O) groups is 1. The Hall–Kier alpha value is -0.610. The average molecular weight is 254 g/mol. The number of likely N-dealkylation sites (N-methyl/N-ethyl adjacent to an activating group) is 1. The van der Waals surface area contributed by atoms with E-state index >= 15 is 0 Å². The molecule has 0 aromatic rings. The summed E-state index contributed by atoms with van der Waals surface area (Å²) >= 11 is 0. The van der Waals surface area contributed by atoms with E-state index in [0.29, 0.717) is 5.92 Å². The van der Waals surface area contributed by atoms with Crippen LogP contribution in [0, 0.1) is 11.8 Å². The Morgan fingerprint density at radius 1 is 1.33 bits per heavy atom. The van der Waals surface area contributed by atoms with Gasteiger partial charge in [-0.25, -0.2) is 4.79 Å². The van der Waals surface area contributed by atoms with Crippen LogP contribution in [0.3, 0.4) is 0 Å². The van der Waals surface area contributed by atoms with Gasteiger partial charge in [-0.3, -0.25) is 0 Å². The van der Waals surface area contributed by atoms with Crippen molar-refractivity contribution in [2.75, 3.05) is 33.8 Å². The molecular formula is C14H26N2O2. The van der Waals surface area contributed by atoms with Crippen molar-refractivity contribution in [1.82, 2.24) is 10.2 Å². The average Bonchev–Trinajstić information content (AvgIpc) is 3.22. The second-order valence-electron chi connectivity index (χ2n) is 5.95. The summed E-state index contributed by atoms with van der Waals surface area (Å²) in [5, 5.41) is 3.27. The van der Waals surface area contributed by atoms with Gasteiger partial charge in [-0.2, -0.15) is 0 Å². The van der Waals surface area contributed by atoms with Crippen LogP contribution in [0.15, 0.2) is 0 Å². The highest BCUT2D eigenvalue weighted by Crippen LogP contribution is 2.41. The Morgan fingerprint density at radius 3 is 2.39 bits per heavy atom. The number of hydrogen-bond donors (Lipinski definition) is 1. The Bertz CT molecular complexity index is 296. The van der Waals surface area contributed by atoms with Crippen molar-refractivity contribution in [3.63, 3.8) is 0 Å². The highest BCUT2D eigenvalue weighted by atomic mass is 16.5. The van der Waals surface area contributed by atoms with E-state index in [1.165, 1.54) is 20.0 Å². The highest BCUT2D eigenvalue weighted by Gasteiger charge is 2.51. The Labute approximate surface area is 110 Å². The van der Waals surface area contributed by atoms with Crippen LogP contribution in [0.2, 0.25) is 0 Å². The van der Waals surface area contributed by atoms with Gasteiger partial charge in [-0.1, -0.05) is 6.92 Å². The van der Waals surface area contributed by atoms with E-state index in [0.717, 1.165) is 38.4 Å². The largest absolute Gasteiger partial charge is 0.468 e. The summed E-state index contributed by atoms with van der Waals surface area (Å²) in [5.74, 6) is 1.18. The number of ether oxygens (including phenoxy) is 1. The fourth-order valence-electron chi connectivity index (χ4n) is 3.08. The first-order valence-electron chi connectivity index (χ1n) is 7.12. The number of nitrogens with zero attached hydrogens (tertiary/aromatic N) is 1. The summed E-state index contributed by atoms with van der Waals surface area (Å²) in [6.07, 6.45) is 4.76. The van der Waals surface area contributed by atoms with Gasteiger partial charge in [-0.15, -0.1) is 0 Å². The van der Waals surface area contributed by atoms with Gasteiger partial charge in [-0.05, 0) is 57.7 Å². The van der Waals surface area contributed by atoms with Crippen molar-refractivity contribution in [3.05, 3.63) is 0 Å². The fraction of sp³-hybridized carbons (Fsp3) is 0.929. The molecule has 2 fully saturated rings. The van der Waals surface area contributed by atoms with Gasteiger partial charge in [0.15, 0.2) is 0 Å². The van der Waals surface area contributed by atoms with E-state index < -0.39 is 5.54 Å². The molecule has 0 aromatic heterocycles. The zero-order valence-electron chi connectivity index (χ0n) is 11.9. The fourth-order valence-corrected chi connectivity index (χ4v) is 3.08. The molecule has 0 amide bonds. The maximum Gasteiger partial charge on any atom is 0.327 e. The van der Waals surface area contributed by atoms with Crippen molar-refractivity contribution in [1.29, 1.82) is 0 Å². The van der Waals surface area contributed by atoms with Gasteiger partial charge >= 0.3 is 5.97 Å². The minimum Gasteiger partial charge on any atom is -0.468 e. The van der Waals surface area contributed by atoms with E-state index in [1.54, 1.807) is 0 Å². The van der Waals surface area contributed by atoms with Gasteiger partial charge in [0.05, 0.1) is 7.11 Å². The first-order chi connectivity index (χ1) is 8.62. The van der Waals surface area contributed by atoms with Crippen molar-refractivity contribution in [2.45, 2.75) is 38.1 Å². The predicted molar refractivity (Wildman–Crippen MR) is 71.4 cm³/mol. The second-order valence-corrected chi connectivity index (χ2v) is 5.95. The van der Waals surface area contributed by atoms with Crippen LogP contribution < -0.4 is 5.32 Å². The number of carbonyl (C=O) groups excluding carboxylic acids is 1. The monoisotopic (exact) mass is 254 g/mol. The molecule has 1 saturated carbocycles.